The van der Waals surface area contributed by atoms with E-state index in [0.29, 0.717) is 35.8 Å². The summed E-state index contributed by atoms with van der Waals surface area (Å²) in [5.41, 5.74) is 9.79. The Kier molecular flexibility index (Phi) is 4.81. The molecule has 144 valence electrons. The lowest BCUT2D eigenvalue weighted by Gasteiger charge is -2.30. The Balaban J connectivity index is 1.45. The summed E-state index contributed by atoms with van der Waals surface area (Å²) in [7, 11) is 0. The summed E-state index contributed by atoms with van der Waals surface area (Å²) in [6, 6.07) is 10.5. The number of fused-ring (bicyclic) bond motifs is 1. The lowest BCUT2D eigenvalue weighted by molar-refractivity contribution is -0.118. The van der Waals surface area contributed by atoms with Gasteiger partial charge in [-0.1, -0.05) is 23.4 Å². The summed E-state index contributed by atoms with van der Waals surface area (Å²) >= 11 is 0. The minimum atomic E-state index is -0.318. The van der Waals surface area contributed by atoms with Crippen LogP contribution in [-0.2, 0) is 17.6 Å². The van der Waals surface area contributed by atoms with E-state index < -0.39 is 0 Å². The van der Waals surface area contributed by atoms with Crippen LogP contribution in [0.1, 0.15) is 29.9 Å². The molecule has 1 aliphatic rings. The predicted molar refractivity (Wildman–Crippen MR) is 104 cm³/mol. The van der Waals surface area contributed by atoms with Crippen LogP contribution in [0.5, 0.6) is 0 Å². The van der Waals surface area contributed by atoms with E-state index in [2.05, 4.69) is 10.1 Å². The molecule has 6 nitrogen and oxygen atoms in total. The van der Waals surface area contributed by atoms with Gasteiger partial charge in [0.15, 0.2) is 0 Å². The highest BCUT2D eigenvalue weighted by atomic mass is 19.1. The number of nitrogens with two attached hydrogens (primary N) is 1. The Bertz CT molecular complexity index is 1030. The number of rotatable bonds is 4. The van der Waals surface area contributed by atoms with Gasteiger partial charge in [-0.2, -0.15) is 4.98 Å². The minimum absolute atomic E-state index is 0.00678. The first-order valence-electron chi connectivity index (χ1n) is 9.30. The Hall–Kier alpha value is -3.22. The molecule has 3 aromatic rings. The van der Waals surface area contributed by atoms with Crippen molar-refractivity contribution in [2.45, 2.75) is 32.6 Å². The molecule has 2 heterocycles. The number of hydrogen-bond donors (Lipinski definition) is 1. The summed E-state index contributed by atoms with van der Waals surface area (Å²) in [6.45, 7) is 2.37. The Labute approximate surface area is 162 Å². The molecule has 0 fully saturated rings. The molecule has 0 saturated carbocycles. The van der Waals surface area contributed by atoms with Crippen LogP contribution in [-0.4, -0.2) is 22.6 Å². The number of carbonyl (C=O) groups excluding carboxylic acids is 1. The maximum Gasteiger partial charge on any atom is 0.227 e. The average molecular weight is 380 g/mol. The van der Waals surface area contributed by atoms with E-state index in [4.69, 9.17) is 10.3 Å². The van der Waals surface area contributed by atoms with Crippen molar-refractivity contribution in [1.82, 2.24) is 10.1 Å². The van der Waals surface area contributed by atoms with Crippen LogP contribution in [0.15, 0.2) is 40.9 Å². The zero-order chi connectivity index (χ0) is 19.7. The molecule has 1 aromatic heterocycles. The molecule has 0 saturated heterocycles. The standard InChI is InChI=1S/C21H21FN4O2/c1-13-7-8-14(12-16(13)22)21-24-19(28-25-21)9-10-20(27)26-11-3-4-15-17(23)5-2-6-18(15)26/h2,5-8,12H,3-4,9-11,23H2,1H3. The van der Waals surface area contributed by atoms with E-state index in [-0.39, 0.29) is 18.1 Å². The van der Waals surface area contributed by atoms with Crippen LogP contribution in [0.4, 0.5) is 15.8 Å². The van der Waals surface area contributed by atoms with Gasteiger partial charge in [-0.05, 0) is 49.1 Å². The van der Waals surface area contributed by atoms with Gasteiger partial charge in [0.05, 0.1) is 0 Å². The van der Waals surface area contributed by atoms with Crippen LogP contribution >= 0.6 is 0 Å². The normalized spacial score (nSPS) is 13.4. The van der Waals surface area contributed by atoms with Crippen molar-refractivity contribution in [1.29, 1.82) is 0 Å². The first-order valence-corrected chi connectivity index (χ1v) is 9.30. The van der Waals surface area contributed by atoms with Crippen LogP contribution in [0, 0.1) is 12.7 Å². The molecule has 28 heavy (non-hydrogen) atoms. The molecule has 2 N–H and O–H groups in total. The van der Waals surface area contributed by atoms with E-state index in [1.54, 1.807) is 24.0 Å². The summed E-state index contributed by atoms with van der Waals surface area (Å²) in [5, 5.41) is 3.90. The van der Waals surface area contributed by atoms with Gasteiger partial charge in [0.1, 0.15) is 5.82 Å². The topological polar surface area (TPSA) is 85.2 Å². The van der Waals surface area contributed by atoms with E-state index in [9.17, 15) is 9.18 Å². The van der Waals surface area contributed by atoms with Gasteiger partial charge in [0, 0.05) is 36.3 Å². The smallest absolute Gasteiger partial charge is 0.227 e. The van der Waals surface area contributed by atoms with Crippen molar-refractivity contribution in [3.63, 3.8) is 0 Å². The van der Waals surface area contributed by atoms with Crippen LogP contribution < -0.4 is 10.6 Å². The summed E-state index contributed by atoms with van der Waals surface area (Å²) in [6.07, 6.45) is 2.34. The Morgan fingerprint density at radius 1 is 1.32 bits per heavy atom. The van der Waals surface area contributed by atoms with Gasteiger partial charge in [-0.25, -0.2) is 4.39 Å². The second-order valence-electron chi connectivity index (χ2n) is 6.97. The third-order valence-electron chi connectivity index (χ3n) is 5.04. The average Bonchev–Trinajstić information content (AvgIpc) is 3.17. The maximum absolute atomic E-state index is 13.7. The fraction of sp³-hybridized carbons (Fsp3) is 0.286. The number of hydrogen-bond acceptors (Lipinski definition) is 5. The lowest BCUT2D eigenvalue weighted by atomic mass is 9.99. The molecular formula is C21H21FN4O2. The number of anilines is 2. The van der Waals surface area contributed by atoms with Crippen molar-refractivity contribution in [2.75, 3.05) is 17.2 Å². The van der Waals surface area contributed by atoms with Crippen LogP contribution in [0.25, 0.3) is 11.4 Å². The highest BCUT2D eigenvalue weighted by molar-refractivity contribution is 5.95. The summed E-state index contributed by atoms with van der Waals surface area (Å²) in [5.74, 6) is 0.348. The minimum Gasteiger partial charge on any atom is -0.398 e. The van der Waals surface area contributed by atoms with Crippen LogP contribution in [0.2, 0.25) is 0 Å². The molecule has 0 bridgehead atoms. The van der Waals surface area contributed by atoms with Crippen molar-refractivity contribution in [2.24, 2.45) is 0 Å². The molecule has 1 amide bonds. The highest BCUT2D eigenvalue weighted by Crippen LogP contribution is 2.31. The SMILES string of the molecule is Cc1ccc(-c2noc(CCC(=O)N3CCCc4c(N)cccc43)n2)cc1F. The number of carbonyl (C=O) groups is 1. The maximum atomic E-state index is 13.7. The number of aryl methyl sites for hydroxylation is 2. The number of aromatic nitrogens is 2. The van der Waals surface area contributed by atoms with Crippen molar-refractivity contribution in [3.8, 4) is 11.4 Å². The van der Waals surface area contributed by atoms with Gasteiger partial charge in [0.2, 0.25) is 17.6 Å². The van der Waals surface area contributed by atoms with Crippen molar-refractivity contribution in [3.05, 3.63) is 59.2 Å². The van der Waals surface area contributed by atoms with E-state index in [0.717, 1.165) is 29.8 Å². The number of halogens is 1. The monoisotopic (exact) mass is 380 g/mol. The van der Waals surface area contributed by atoms with Gasteiger partial charge in [-0.3, -0.25) is 4.79 Å². The molecule has 0 spiro atoms. The first kappa shape index (κ1) is 18.2. The fourth-order valence-electron chi connectivity index (χ4n) is 3.47. The zero-order valence-corrected chi connectivity index (χ0v) is 15.6. The highest BCUT2D eigenvalue weighted by Gasteiger charge is 2.24. The Morgan fingerprint density at radius 2 is 2.18 bits per heavy atom. The quantitative estimate of drug-likeness (QED) is 0.698. The molecule has 0 radical (unpaired) electrons. The van der Waals surface area contributed by atoms with E-state index in [1.165, 1.54) is 6.07 Å². The van der Waals surface area contributed by atoms with E-state index >= 15 is 0 Å². The first-order chi connectivity index (χ1) is 13.5. The van der Waals surface area contributed by atoms with Crippen molar-refractivity contribution >= 4 is 17.3 Å². The largest absolute Gasteiger partial charge is 0.398 e. The molecular weight excluding hydrogens is 359 g/mol. The molecule has 2 aromatic carbocycles. The second kappa shape index (κ2) is 7.42. The molecule has 7 heteroatoms. The number of nitrogen functional groups attached to an aromatic ring is 1. The Morgan fingerprint density at radius 3 is 3.00 bits per heavy atom. The van der Waals surface area contributed by atoms with Crippen molar-refractivity contribution < 1.29 is 13.7 Å². The fourth-order valence-corrected chi connectivity index (χ4v) is 3.47. The third kappa shape index (κ3) is 3.47. The molecule has 0 aliphatic carbocycles. The molecule has 0 unspecified atom stereocenters. The summed E-state index contributed by atoms with van der Waals surface area (Å²) < 4.78 is 19.0. The molecule has 4 rings (SSSR count). The zero-order valence-electron chi connectivity index (χ0n) is 15.6. The number of nitrogens with zero attached hydrogens (tertiary/aromatic N) is 3. The number of amides is 1. The number of benzene rings is 2. The lowest BCUT2D eigenvalue weighted by Crippen LogP contribution is -2.35. The van der Waals surface area contributed by atoms with Gasteiger partial charge in [0.25, 0.3) is 0 Å². The van der Waals surface area contributed by atoms with Gasteiger partial charge in [-0.15, -0.1) is 0 Å². The van der Waals surface area contributed by atoms with Gasteiger partial charge < -0.3 is 15.2 Å². The second-order valence-corrected chi connectivity index (χ2v) is 6.97. The molecule has 0 atom stereocenters. The van der Waals surface area contributed by atoms with Crippen LogP contribution in [0.3, 0.4) is 0 Å². The van der Waals surface area contributed by atoms with Gasteiger partial charge >= 0.3 is 0 Å². The van der Waals surface area contributed by atoms with E-state index in [1.807, 2.05) is 18.2 Å². The molecule has 1 aliphatic heterocycles. The third-order valence-corrected chi connectivity index (χ3v) is 5.04. The summed E-state index contributed by atoms with van der Waals surface area (Å²) in [4.78, 5) is 18.8. The predicted octanol–water partition coefficient (Wildman–Crippen LogP) is 3.68.